The Hall–Kier alpha value is -3.96. The van der Waals surface area contributed by atoms with Gasteiger partial charge in [0.25, 0.3) is 0 Å². The first kappa shape index (κ1) is 22.7. The highest BCUT2D eigenvalue weighted by Crippen LogP contribution is 2.63. The summed E-state index contributed by atoms with van der Waals surface area (Å²) in [4.78, 5) is 4.34. The smallest absolute Gasteiger partial charge is 0.485 e. The molecule has 0 amide bonds. The summed E-state index contributed by atoms with van der Waals surface area (Å²) in [6.07, 6.45) is 1.57. The highest BCUT2D eigenvalue weighted by atomic mass is 32.2. The molecule has 5 aliphatic rings. The highest BCUT2D eigenvalue weighted by molar-refractivity contribution is 7.99. The summed E-state index contributed by atoms with van der Waals surface area (Å²) >= 11 is 3.47. The Morgan fingerprint density at radius 2 is 1.12 bits per heavy atom. The zero-order valence-electron chi connectivity index (χ0n) is 22.0. The second kappa shape index (κ2) is 7.08. The van der Waals surface area contributed by atoms with Gasteiger partial charge in [-0.2, -0.15) is 0 Å². The summed E-state index contributed by atoms with van der Waals surface area (Å²) in [5.74, 6) is 2.18. The van der Waals surface area contributed by atoms with E-state index in [1.807, 2.05) is 33.6 Å². The molecule has 0 saturated carbocycles. The maximum Gasteiger partial charge on any atom is 0.485 e. The van der Waals surface area contributed by atoms with Gasteiger partial charge in [-0.05, 0) is 58.7 Å². The normalized spacial score (nSPS) is 23.9. The van der Waals surface area contributed by atoms with Crippen molar-refractivity contribution in [2.75, 3.05) is 14.2 Å². The molecule has 4 aromatic carbocycles. The predicted octanol–water partition coefficient (Wildman–Crippen LogP) is 3.20. The first-order chi connectivity index (χ1) is 20.0. The standard InChI is InChI=1S/C31H22N6O2S2/c1-38-16-5-3-7-18-25(16)30(32)27-20(40-18)11-9-14-15-10-12-21-28-23(15)24(22(14)27)29-36(30)34-13-35-37(29)31(28,33)26-17(39-2)6-4-8-19(26)41-21/h3-13,24H,32-33H2,1-2H3/q+2. The van der Waals surface area contributed by atoms with Crippen molar-refractivity contribution in [2.45, 2.75) is 36.8 Å². The first-order valence-electron chi connectivity index (χ1n) is 13.4. The van der Waals surface area contributed by atoms with Crippen molar-refractivity contribution < 1.29 is 18.8 Å². The lowest BCUT2D eigenvalue weighted by Crippen LogP contribution is -2.81. The third kappa shape index (κ3) is 2.26. The van der Waals surface area contributed by atoms with Gasteiger partial charge in [0.15, 0.2) is 5.92 Å². The molecule has 0 fully saturated rings. The second-order valence-electron chi connectivity index (χ2n) is 11.0. The van der Waals surface area contributed by atoms with E-state index in [9.17, 15) is 0 Å². The molecule has 5 heterocycles. The lowest BCUT2D eigenvalue weighted by Gasteiger charge is -2.40. The van der Waals surface area contributed by atoms with Crippen LogP contribution in [-0.2, 0) is 11.3 Å². The van der Waals surface area contributed by atoms with E-state index in [-0.39, 0.29) is 5.92 Å². The fraction of sp³-hybridized carbons (Fsp3) is 0.161. The summed E-state index contributed by atoms with van der Waals surface area (Å²) in [5.41, 5.74) is 21.9. The fourth-order valence-corrected chi connectivity index (χ4v) is 10.4. The minimum absolute atomic E-state index is 0.117. The summed E-state index contributed by atoms with van der Waals surface area (Å²) in [6, 6.07) is 21.1. The zero-order chi connectivity index (χ0) is 27.4. The Balaban J connectivity index is 1.43. The lowest BCUT2D eigenvalue weighted by atomic mass is 9.74. The first-order valence-corrected chi connectivity index (χ1v) is 15.0. The monoisotopic (exact) mass is 574 g/mol. The van der Waals surface area contributed by atoms with E-state index in [4.69, 9.17) is 31.1 Å². The van der Waals surface area contributed by atoms with Crippen LogP contribution in [0.25, 0.3) is 11.1 Å². The zero-order valence-corrected chi connectivity index (χ0v) is 23.6. The van der Waals surface area contributed by atoms with E-state index >= 15 is 0 Å². The van der Waals surface area contributed by atoms with Gasteiger partial charge in [0.1, 0.15) is 22.6 Å². The molecule has 41 heavy (non-hydrogen) atoms. The largest absolute Gasteiger partial charge is 0.496 e. The highest BCUT2D eigenvalue weighted by Gasteiger charge is 2.71. The molecule has 1 aromatic heterocycles. The molecular formula is C31H22N6O2S2+2. The molecule has 0 bridgehead atoms. The molecule has 4 aliphatic heterocycles. The van der Waals surface area contributed by atoms with E-state index in [1.165, 1.54) is 22.3 Å². The molecule has 8 nitrogen and oxygen atoms in total. The third-order valence-electron chi connectivity index (χ3n) is 9.36. The van der Waals surface area contributed by atoms with Crippen molar-refractivity contribution in [3.05, 3.63) is 106 Å². The Labute approximate surface area is 243 Å². The van der Waals surface area contributed by atoms with Crippen LogP contribution < -0.4 is 30.3 Å². The van der Waals surface area contributed by atoms with Crippen LogP contribution >= 0.6 is 23.5 Å². The second-order valence-corrected chi connectivity index (χ2v) is 13.1. The third-order valence-corrected chi connectivity index (χ3v) is 11.6. The maximum absolute atomic E-state index is 7.73. The SMILES string of the molecule is COc1cccc2c1C1(N)c3c(ccc4c3C3c5c-4ccc4c5C(N)(c5c(OC)cccc5S4)[n+]4ncn[n+]1c43)S2. The van der Waals surface area contributed by atoms with Gasteiger partial charge in [0, 0.05) is 39.1 Å². The number of hydrogen-bond donors (Lipinski definition) is 2. The molecule has 198 valence electrons. The number of benzene rings is 4. The molecular weight excluding hydrogens is 553 g/mol. The van der Waals surface area contributed by atoms with Crippen molar-refractivity contribution in [2.24, 2.45) is 11.5 Å². The van der Waals surface area contributed by atoms with Gasteiger partial charge in [-0.15, -0.1) is 0 Å². The molecule has 4 N–H and O–H groups in total. The van der Waals surface area contributed by atoms with Gasteiger partial charge in [-0.25, -0.2) is 0 Å². The van der Waals surface area contributed by atoms with Gasteiger partial charge < -0.3 is 9.47 Å². The van der Waals surface area contributed by atoms with Crippen LogP contribution in [0.3, 0.4) is 0 Å². The quantitative estimate of drug-likeness (QED) is 0.304. The van der Waals surface area contributed by atoms with Crippen LogP contribution in [0.1, 0.15) is 45.1 Å². The predicted molar refractivity (Wildman–Crippen MR) is 150 cm³/mol. The molecule has 0 radical (unpaired) electrons. The summed E-state index contributed by atoms with van der Waals surface area (Å²) in [7, 11) is 3.38. The van der Waals surface area contributed by atoms with E-state index in [0.29, 0.717) is 0 Å². The number of rotatable bonds is 2. The molecule has 10 heteroatoms. The minimum atomic E-state index is -1.14. The lowest BCUT2D eigenvalue weighted by molar-refractivity contribution is -0.933. The van der Waals surface area contributed by atoms with Crippen LogP contribution in [0, 0.1) is 0 Å². The van der Waals surface area contributed by atoms with Crippen LogP contribution in [-0.4, -0.2) is 24.4 Å². The molecule has 2 atom stereocenters. The Bertz CT molecular complexity index is 1960. The van der Waals surface area contributed by atoms with Gasteiger partial charge in [-0.1, -0.05) is 47.8 Å². The van der Waals surface area contributed by atoms with Gasteiger partial charge >= 0.3 is 17.2 Å². The van der Waals surface area contributed by atoms with Crippen LogP contribution in [0.2, 0.25) is 0 Å². The van der Waals surface area contributed by atoms with Gasteiger partial charge in [-0.3, -0.25) is 11.5 Å². The van der Waals surface area contributed by atoms with Gasteiger partial charge in [0.2, 0.25) is 6.33 Å². The van der Waals surface area contributed by atoms with Crippen molar-refractivity contribution in [1.29, 1.82) is 0 Å². The molecule has 0 spiro atoms. The Kier molecular flexibility index (Phi) is 3.92. The average molecular weight is 575 g/mol. The van der Waals surface area contributed by atoms with E-state index in [0.717, 1.165) is 59.2 Å². The Morgan fingerprint density at radius 3 is 1.59 bits per heavy atom. The minimum Gasteiger partial charge on any atom is -0.496 e. The number of aromatic nitrogens is 4. The number of fused-ring (bicyclic) bond motifs is 7. The molecule has 5 aromatic rings. The summed E-state index contributed by atoms with van der Waals surface area (Å²) < 4.78 is 15.8. The number of methoxy groups -OCH3 is 2. The van der Waals surface area contributed by atoms with Crippen LogP contribution in [0.15, 0.2) is 86.6 Å². The average Bonchev–Trinajstić information content (AvgIpc) is 3.34. The number of nitrogens with zero attached hydrogens (tertiary/aromatic N) is 4. The fourth-order valence-electron chi connectivity index (χ4n) is 7.94. The van der Waals surface area contributed by atoms with Crippen molar-refractivity contribution in [1.82, 2.24) is 10.2 Å². The summed E-state index contributed by atoms with van der Waals surface area (Å²) in [6.45, 7) is 0. The number of ether oxygens (including phenoxy) is 2. The topological polar surface area (TPSA) is 104 Å². The van der Waals surface area contributed by atoms with Crippen LogP contribution in [0.5, 0.6) is 11.5 Å². The molecule has 10 rings (SSSR count). The summed E-state index contributed by atoms with van der Waals surface area (Å²) in [5, 5.41) is 9.84. The van der Waals surface area contributed by atoms with Gasteiger partial charge in [0.05, 0.1) is 25.3 Å². The Morgan fingerprint density at radius 1 is 0.659 bits per heavy atom. The number of nitrogens with two attached hydrogens (primary N) is 2. The van der Waals surface area contributed by atoms with E-state index in [1.54, 1.807) is 44.1 Å². The van der Waals surface area contributed by atoms with Crippen LogP contribution in [0.4, 0.5) is 0 Å². The maximum atomic E-state index is 7.73. The van der Waals surface area contributed by atoms with E-state index < -0.39 is 11.3 Å². The molecule has 1 aliphatic carbocycles. The van der Waals surface area contributed by atoms with E-state index in [2.05, 4.69) is 36.4 Å². The van der Waals surface area contributed by atoms with Crippen molar-refractivity contribution >= 4 is 23.5 Å². The number of hydrogen-bond acceptors (Lipinski definition) is 8. The van der Waals surface area contributed by atoms with Crippen molar-refractivity contribution in [3.63, 3.8) is 0 Å². The van der Waals surface area contributed by atoms with Crippen molar-refractivity contribution in [3.8, 4) is 22.6 Å². The molecule has 2 unspecified atom stereocenters. The molecule has 0 saturated heterocycles.